The summed E-state index contributed by atoms with van der Waals surface area (Å²) in [5.74, 6) is -1.85. The van der Waals surface area contributed by atoms with Gasteiger partial charge in [-0.25, -0.2) is 0 Å². The maximum absolute atomic E-state index is 12.2. The topological polar surface area (TPSA) is 57.6 Å². The zero-order valence-corrected chi connectivity index (χ0v) is 12.4. The maximum Gasteiger partial charge on any atom is 0.307 e. The van der Waals surface area contributed by atoms with Crippen LogP contribution in [0.5, 0.6) is 0 Å². The molecular formula is C16H21NO3. The van der Waals surface area contributed by atoms with Crippen LogP contribution in [0, 0.1) is 11.8 Å². The molecule has 0 aliphatic heterocycles. The van der Waals surface area contributed by atoms with Gasteiger partial charge in [0.25, 0.3) is 0 Å². The minimum Gasteiger partial charge on any atom is -0.481 e. The van der Waals surface area contributed by atoms with E-state index < -0.39 is 11.9 Å². The number of amides is 1. The first-order valence-corrected chi connectivity index (χ1v) is 6.82. The van der Waals surface area contributed by atoms with Gasteiger partial charge >= 0.3 is 5.97 Å². The van der Waals surface area contributed by atoms with Crippen molar-refractivity contribution in [3.8, 4) is 0 Å². The van der Waals surface area contributed by atoms with Crippen LogP contribution in [0.15, 0.2) is 24.3 Å². The summed E-state index contributed by atoms with van der Waals surface area (Å²) in [6, 6.07) is 7.86. The zero-order valence-electron chi connectivity index (χ0n) is 12.4. The van der Waals surface area contributed by atoms with Gasteiger partial charge in [-0.15, -0.1) is 0 Å². The zero-order chi connectivity index (χ0) is 15.1. The van der Waals surface area contributed by atoms with Crippen molar-refractivity contribution in [3.05, 3.63) is 29.8 Å². The Hall–Kier alpha value is -1.84. The Morgan fingerprint density at radius 3 is 2.10 bits per heavy atom. The molecule has 2 atom stereocenters. The predicted octanol–water partition coefficient (Wildman–Crippen LogP) is 2.67. The van der Waals surface area contributed by atoms with Gasteiger partial charge in [0.1, 0.15) is 0 Å². The minimum atomic E-state index is -0.875. The van der Waals surface area contributed by atoms with Crippen molar-refractivity contribution in [2.24, 2.45) is 11.8 Å². The highest BCUT2D eigenvalue weighted by Crippen LogP contribution is 2.40. The number of carboxylic acids is 1. The molecule has 1 aromatic carbocycles. The van der Waals surface area contributed by atoms with Gasteiger partial charge in [0, 0.05) is 12.7 Å². The lowest BCUT2D eigenvalue weighted by molar-refractivity contribution is -0.139. The van der Waals surface area contributed by atoms with Gasteiger partial charge in [0.2, 0.25) is 5.91 Å². The van der Waals surface area contributed by atoms with Crippen molar-refractivity contribution >= 4 is 17.6 Å². The van der Waals surface area contributed by atoms with Gasteiger partial charge in [-0.2, -0.15) is 0 Å². The second kappa shape index (κ2) is 4.93. The highest BCUT2D eigenvalue weighted by atomic mass is 16.4. The molecule has 0 saturated heterocycles. The number of hydrogen-bond acceptors (Lipinski definition) is 2. The molecule has 1 saturated carbocycles. The first-order chi connectivity index (χ1) is 9.21. The Balaban J connectivity index is 2.08. The molecule has 108 valence electrons. The highest BCUT2D eigenvalue weighted by molar-refractivity contribution is 5.99. The number of carboxylic acid groups (broad SMARTS) is 1. The van der Waals surface area contributed by atoms with Gasteiger partial charge in [-0.3, -0.25) is 9.59 Å². The molecule has 0 heterocycles. The third kappa shape index (κ3) is 2.84. The number of aliphatic carboxylic acids is 1. The molecule has 0 spiro atoms. The first kappa shape index (κ1) is 14.6. The van der Waals surface area contributed by atoms with Crippen molar-refractivity contribution in [1.29, 1.82) is 0 Å². The van der Waals surface area contributed by atoms with E-state index in [0.717, 1.165) is 5.69 Å². The monoisotopic (exact) mass is 275 g/mol. The Morgan fingerprint density at radius 2 is 1.70 bits per heavy atom. The minimum absolute atomic E-state index is 0.0754. The molecular weight excluding hydrogens is 254 g/mol. The molecule has 1 N–H and O–H groups in total. The molecule has 4 heteroatoms. The van der Waals surface area contributed by atoms with Crippen LogP contribution >= 0.6 is 0 Å². The quantitative estimate of drug-likeness (QED) is 0.922. The number of rotatable bonds is 3. The van der Waals surface area contributed by atoms with Crippen LogP contribution in [0.1, 0.15) is 32.8 Å². The average molecular weight is 275 g/mol. The summed E-state index contributed by atoms with van der Waals surface area (Å²) in [5.41, 5.74) is 2.09. The molecule has 1 aromatic rings. The van der Waals surface area contributed by atoms with Gasteiger partial charge in [0.05, 0.1) is 11.8 Å². The summed E-state index contributed by atoms with van der Waals surface area (Å²) in [7, 11) is 1.70. The van der Waals surface area contributed by atoms with Crippen LogP contribution in [0.4, 0.5) is 5.69 Å². The number of nitrogens with zero attached hydrogens (tertiary/aromatic N) is 1. The molecule has 2 rings (SSSR count). The lowest BCUT2D eigenvalue weighted by atomic mass is 9.87. The van der Waals surface area contributed by atoms with E-state index in [4.69, 9.17) is 5.11 Å². The van der Waals surface area contributed by atoms with Crippen LogP contribution in [0.2, 0.25) is 0 Å². The van der Waals surface area contributed by atoms with Gasteiger partial charge in [-0.05, 0) is 29.5 Å². The Kier molecular flexibility index (Phi) is 3.59. The lowest BCUT2D eigenvalue weighted by Gasteiger charge is -2.22. The normalized spacial score (nSPS) is 21.4. The summed E-state index contributed by atoms with van der Waals surface area (Å²) in [4.78, 5) is 24.5. The Morgan fingerprint density at radius 1 is 1.15 bits per heavy atom. The smallest absolute Gasteiger partial charge is 0.307 e. The summed E-state index contributed by atoms with van der Waals surface area (Å²) >= 11 is 0. The largest absolute Gasteiger partial charge is 0.481 e. The Labute approximate surface area is 119 Å². The first-order valence-electron chi connectivity index (χ1n) is 6.82. The van der Waals surface area contributed by atoms with Crippen molar-refractivity contribution in [1.82, 2.24) is 0 Å². The van der Waals surface area contributed by atoms with E-state index in [1.54, 1.807) is 11.9 Å². The van der Waals surface area contributed by atoms with E-state index in [-0.39, 0.29) is 17.2 Å². The molecule has 1 fully saturated rings. The number of benzene rings is 1. The third-order valence-electron chi connectivity index (χ3n) is 3.88. The van der Waals surface area contributed by atoms with Crippen molar-refractivity contribution in [3.63, 3.8) is 0 Å². The fourth-order valence-corrected chi connectivity index (χ4v) is 2.30. The lowest BCUT2D eigenvalue weighted by Crippen LogP contribution is -2.29. The fourth-order valence-electron chi connectivity index (χ4n) is 2.30. The number of carbonyl (C=O) groups excluding carboxylic acids is 1. The molecule has 0 bridgehead atoms. The SMILES string of the molecule is CN(C(=O)C1CC1C(=O)O)c1ccc(C(C)(C)C)cc1. The van der Waals surface area contributed by atoms with E-state index in [9.17, 15) is 9.59 Å². The molecule has 1 amide bonds. The Bertz CT molecular complexity index is 528. The van der Waals surface area contributed by atoms with Crippen molar-refractivity contribution < 1.29 is 14.7 Å². The number of anilines is 1. The summed E-state index contributed by atoms with van der Waals surface area (Å²) in [6.07, 6.45) is 0.457. The van der Waals surface area contributed by atoms with Crippen molar-refractivity contribution in [2.75, 3.05) is 11.9 Å². The third-order valence-corrected chi connectivity index (χ3v) is 3.88. The van der Waals surface area contributed by atoms with Crippen LogP contribution in [-0.4, -0.2) is 24.0 Å². The highest BCUT2D eigenvalue weighted by Gasteiger charge is 2.49. The maximum atomic E-state index is 12.2. The molecule has 4 nitrogen and oxygen atoms in total. The summed E-state index contributed by atoms with van der Waals surface area (Å²) < 4.78 is 0. The van der Waals surface area contributed by atoms with Crippen LogP contribution < -0.4 is 4.90 Å². The second-order valence-corrected chi connectivity index (χ2v) is 6.48. The second-order valence-electron chi connectivity index (χ2n) is 6.48. The van der Waals surface area contributed by atoms with E-state index in [0.29, 0.717) is 6.42 Å². The fraction of sp³-hybridized carbons (Fsp3) is 0.500. The molecule has 0 aromatic heterocycles. The average Bonchev–Trinajstić information content (AvgIpc) is 3.16. The molecule has 1 aliphatic rings. The van der Waals surface area contributed by atoms with Crippen molar-refractivity contribution in [2.45, 2.75) is 32.6 Å². The standard InChI is InChI=1S/C16H21NO3/c1-16(2,3)10-5-7-11(8-6-10)17(4)14(18)12-9-13(12)15(19)20/h5-8,12-13H,9H2,1-4H3,(H,19,20). The van der Waals surface area contributed by atoms with Gasteiger partial charge in [0.15, 0.2) is 0 Å². The van der Waals surface area contributed by atoms with Crippen LogP contribution in [0.25, 0.3) is 0 Å². The van der Waals surface area contributed by atoms with Gasteiger partial charge in [-0.1, -0.05) is 32.9 Å². The van der Waals surface area contributed by atoms with Gasteiger partial charge < -0.3 is 10.0 Å². The van der Waals surface area contributed by atoms with E-state index in [1.807, 2.05) is 24.3 Å². The number of carbonyl (C=O) groups is 2. The molecule has 1 aliphatic carbocycles. The van der Waals surface area contributed by atoms with Crippen LogP contribution in [-0.2, 0) is 15.0 Å². The van der Waals surface area contributed by atoms with E-state index in [2.05, 4.69) is 20.8 Å². The number of hydrogen-bond donors (Lipinski definition) is 1. The molecule has 2 unspecified atom stereocenters. The molecule has 0 radical (unpaired) electrons. The summed E-state index contributed by atoms with van der Waals surface area (Å²) in [5, 5.41) is 8.88. The predicted molar refractivity (Wildman–Crippen MR) is 77.8 cm³/mol. The van der Waals surface area contributed by atoms with E-state index >= 15 is 0 Å². The van der Waals surface area contributed by atoms with Crippen LogP contribution in [0.3, 0.4) is 0 Å². The molecule has 20 heavy (non-hydrogen) atoms. The van der Waals surface area contributed by atoms with E-state index in [1.165, 1.54) is 5.56 Å². The summed E-state index contributed by atoms with van der Waals surface area (Å²) in [6.45, 7) is 6.41.